The molecule has 1 heterocycles. The Bertz CT molecular complexity index is 558. The van der Waals surface area contributed by atoms with Crippen molar-refractivity contribution in [2.24, 2.45) is 0 Å². The summed E-state index contributed by atoms with van der Waals surface area (Å²) < 4.78 is 5.44. The maximum Gasteiger partial charge on any atom is 0.321 e. The van der Waals surface area contributed by atoms with E-state index >= 15 is 0 Å². The summed E-state index contributed by atoms with van der Waals surface area (Å²) in [4.78, 5) is 12.3. The van der Waals surface area contributed by atoms with Crippen LogP contribution < -0.4 is 4.74 Å². The van der Waals surface area contributed by atoms with E-state index in [1.807, 2.05) is 45.0 Å². The molecule has 0 unspecified atom stereocenters. The lowest BCUT2D eigenvalue weighted by molar-refractivity contribution is 0.222. The largest absolute Gasteiger partial charge is 0.461 e. The zero-order chi connectivity index (χ0) is 13.1. The molecule has 2 rings (SSSR count). The van der Waals surface area contributed by atoms with Gasteiger partial charge in [0.1, 0.15) is 0 Å². The average molecular weight is 264 g/mol. The highest BCUT2D eigenvalue weighted by Gasteiger charge is 2.09. The third-order valence-corrected chi connectivity index (χ3v) is 2.37. The van der Waals surface area contributed by atoms with E-state index in [1.165, 1.54) is 0 Å². The van der Waals surface area contributed by atoms with Crippen molar-refractivity contribution in [1.82, 2.24) is 15.0 Å². The van der Waals surface area contributed by atoms with Gasteiger partial charge in [-0.1, -0.05) is 23.8 Å². The molecule has 0 N–H and O–H groups in total. The van der Waals surface area contributed by atoms with Gasteiger partial charge in [0.15, 0.2) is 5.82 Å². The second-order valence-corrected chi connectivity index (χ2v) is 4.58. The Morgan fingerprint density at radius 1 is 1.17 bits per heavy atom. The smallest absolute Gasteiger partial charge is 0.321 e. The Kier molecular flexibility index (Phi) is 3.77. The zero-order valence-electron chi connectivity index (χ0n) is 10.5. The third-order valence-electron chi connectivity index (χ3n) is 2.20. The second-order valence-electron chi connectivity index (χ2n) is 4.25. The van der Waals surface area contributed by atoms with E-state index in [2.05, 4.69) is 15.0 Å². The minimum atomic E-state index is -0.00572. The normalized spacial score (nSPS) is 10.7. The van der Waals surface area contributed by atoms with Gasteiger partial charge in [0.25, 0.3) is 0 Å². The number of rotatable bonds is 3. The van der Waals surface area contributed by atoms with E-state index in [-0.39, 0.29) is 17.4 Å². The number of hydrogen-bond acceptors (Lipinski definition) is 4. The van der Waals surface area contributed by atoms with Gasteiger partial charge in [-0.3, -0.25) is 0 Å². The van der Waals surface area contributed by atoms with Gasteiger partial charge in [-0.05, 0) is 38.4 Å². The van der Waals surface area contributed by atoms with E-state index in [1.54, 1.807) is 0 Å². The van der Waals surface area contributed by atoms with E-state index in [9.17, 15) is 0 Å². The van der Waals surface area contributed by atoms with Crippen LogP contribution in [0.3, 0.4) is 0 Å². The van der Waals surface area contributed by atoms with Crippen molar-refractivity contribution in [3.05, 3.63) is 35.1 Å². The van der Waals surface area contributed by atoms with Gasteiger partial charge in [-0.15, -0.1) is 0 Å². The van der Waals surface area contributed by atoms with Crippen LogP contribution in [0, 0.1) is 6.92 Å². The molecule has 0 radical (unpaired) electrons. The summed E-state index contributed by atoms with van der Waals surface area (Å²) in [5.74, 6) is 0.523. The highest BCUT2D eigenvalue weighted by molar-refractivity contribution is 6.28. The van der Waals surface area contributed by atoms with Crippen LogP contribution in [0.1, 0.15) is 19.4 Å². The maximum absolute atomic E-state index is 5.88. The predicted octanol–water partition coefficient (Wildman–Crippen LogP) is 3.29. The lowest BCUT2D eigenvalue weighted by atomic mass is 10.1. The van der Waals surface area contributed by atoms with Gasteiger partial charge in [-0.25, -0.2) is 0 Å². The fourth-order valence-corrected chi connectivity index (χ4v) is 1.66. The number of halogens is 1. The fourth-order valence-electron chi connectivity index (χ4n) is 1.51. The molecule has 4 nitrogen and oxygen atoms in total. The summed E-state index contributed by atoms with van der Waals surface area (Å²) in [6.07, 6.45) is -0.00572. The molecule has 18 heavy (non-hydrogen) atoms. The summed E-state index contributed by atoms with van der Waals surface area (Å²) in [5, 5.41) is 0.136. The maximum atomic E-state index is 5.88. The predicted molar refractivity (Wildman–Crippen MR) is 70.8 cm³/mol. The van der Waals surface area contributed by atoms with Crippen LogP contribution in [-0.4, -0.2) is 21.1 Å². The van der Waals surface area contributed by atoms with Crippen LogP contribution in [0.2, 0.25) is 5.28 Å². The van der Waals surface area contributed by atoms with Gasteiger partial charge in [0.05, 0.1) is 6.10 Å². The Balaban J connectivity index is 2.41. The van der Waals surface area contributed by atoms with E-state index in [0.29, 0.717) is 5.82 Å². The van der Waals surface area contributed by atoms with Crippen LogP contribution in [0.5, 0.6) is 6.01 Å². The van der Waals surface area contributed by atoms with Crippen LogP contribution in [0.15, 0.2) is 24.3 Å². The summed E-state index contributed by atoms with van der Waals surface area (Å²) >= 11 is 5.88. The summed E-state index contributed by atoms with van der Waals surface area (Å²) in [7, 11) is 0. The minimum absolute atomic E-state index is 0.00572. The molecule has 94 valence electrons. The molecule has 0 atom stereocenters. The van der Waals surface area contributed by atoms with Crippen molar-refractivity contribution in [3.63, 3.8) is 0 Å². The van der Waals surface area contributed by atoms with E-state index in [0.717, 1.165) is 11.1 Å². The molecule has 5 heteroatoms. The Hall–Kier alpha value is -1.68. The average Bonchev–Trinajstić information content (AvgIpc) is 2.27. The molecule has 1 aromatic carbocycles. The summed E-state index contributed by atoms with van der Waals surface area (Å²) in [5.41, 5.74) is 2.03. The van der Waals surface area contributed by atoms with Gasteiger partial charge >= 0.3 is 6.01 Å². The molecule has 0 aliphatic heterocycles. The van der Waals surface area contributed by atoms with Crippen molar-refractivity contribution >= 4 is 11.6 Å². The molecule has 0 saturated heterocycles. The van der Waals surface area contributed by atoms with Gasteiger partial charge in [0, 0.05) is 5.56 Å². The number of hydrogen-bond donors (Lipinski definition) is 0. The fraction of sp³-hybridized carbons (Fsp3) is 0.308. The van der Waals surface area contributed by atoms with E-state index in [4.69, 9.17) is 16.3 Å². The molecule has 1 aromatic heterocycles. The van der Waals surface area contributed by atoms with E-state index < -0.39 is 0 Å². The standard InChI is InChI=1S/C13H14ClN3O/c1-8(2)18-13-16-11(15-12(14)17-13)10-6-4-5-9(3)7-10/h4-8H,1-3H3. The third kappa shape index (κ3) is 3.17. The van der Waals surface area contributed by atoms with Gasteiger partial charge in [0.2, 0.25) is 5.28 Å². The Morgan fingerprint density at radius 3 is 2.61 bits per heavy atom. The van der Waals surface area contributed by atoms with Crippen LogP contribution in [-0.2, 0) is 0 Å². The first-order chi connectivity index (χ1) is 8.54. The van der Waals surface area contributed by atoms with Crippen molar-refractivity contribution in [2.75, 3.05) is 0 Å². The zero-order valence-corrected chi connectivity index (χ0v) is 11.3. The van der Waals surface area contributed by atoms with Crippen molar-refractivity contribution in [2.45, 2.75) is 26.9 Å². The molecular formula is C13H14ClN3O. The molecule has 0 aliphatic carbocycles. The van der Waals surface area contributed by atoms with Gasteiger partial charge in [-0.2, -0.15) is 15.0 Å². The lowest BCUT2D eigenvalue weighted by Crippen LogP contribution is -2.09. The lowest BCUT2D eigenvalue weighted by Gasteiger charge is -2.09. The summed E-state index contributed by atoms with van der Waals surface area (Å²) in [6.45, 7) is 5.83. The topological polar surface area (TPSA) is 47.9 Å². The van der Waals surface area contributed by atoms with Crippen molar-refractivity contribution in [3.8, 4) is 17.4 Å². The minimum Gasteiger partial charge on any atom is -0.461 e. The van der Waals surface area contributed by atoms with Crippen molar-refractivity contribution < 1.29 is 4.74 Å². The molecule has 0 aliphatic rings. The second kappa shape index (κ2) is 5.31. The highest BCUT2D eigenvalue weighted by Crippen LogP contribution is 2.20. The Labute approximate surface area is 111 Å². The number of aryl methyl sites for hydroxylation is 1. The molecule has 0 bridgehead atoms. The number of aromatic nitrogens is 3. The molecule has 2 aromatic rings. The number of benzene rings is 1. The first kappa shape index (κ1) is 12.8. The quantitative estimate of drug-likeness (QED) is 0.853. The Morgan fingerprint density at radius 2 is 1.94 bits per heavy atom. The van der Waals surface area contributed by atoms with Crippen LogP contribution in [0.4, 0.5) is 0 Å². The molecular weight excluding hydrogens is 250 g/mol. The number of ether oxygens (including phenoxy) is 1. The monoisotopic (exact) mass is 263 g/mol. The number of nitrogens with zero attached hydrogens (tertiary/aromatic N) is 3. The summed E-state index contributed by atoms with van der Waals surface area (Å²) in [6, 6.07) is 8.13. The van der Waals surface area contributed by atoms with Crippen LogP contribution >= 0.6 is 11.6 Å². The molecule has 0 spiro atoms. The van der Waals surface area contributed by atoms with Crippen molar-refractivity contribution in [1.29, 1.82) is 0 Å². The first-order valence-electron chi connectivity index (χ1n) is 5.70. The highest BCUT2D eigenvalue weighted by atomic mass is 35.5. The SMILES string of the molecule is Cc1cccc(-c2nc(Cl)nc(OC(C)C)n2)c1. The first-order valence-corrected chi connectivity index (χ1v) is 6.07. The van der Waals surface area contributed by atoms with Crippen LogP contribution in [0.25, 0.3) is 11.4 Å². The molecule has 0 fully saturated rings. The van der Waals surface area contributed by atoms with Gasteiger partial charge < -0.3 is 4.74 Å². The molecule has 0 amide bonds. The molecule has 0 saturated carbocycles.